The number of ether oxygens (including phenoxy) is 1. The number of methoxy groups -OCH3 is 1. The molecule has 0 aliphatic heterocycles. The van der Waals surface area contributed by atoms with Gasteiger partial charge in [0.15, 0.2) is 0 Å². The standard InChI is InChI=1S/C5H7O.3C4H9.Sn/c1-3-4-5-6-2;3*1-3-4-2;/h1,3-5H,2H3;3*1,3-4H2,2H3;. The van der Waals surface area contributed by atoms with Gasteiger partial charge in [-0.05, 0) is 0 Å². The van der Waals surface area contributed by atoms with E-state index in [9.17, 15) is 0 Å². The molecule has 0 heterocycles. The van der Waals surface area contributed by atoms with Crippen molar-refractivity contribution in [1.29, 1.82) is 0 Å². The summed E-state index contributed by atoms with van der Waals surface area (Å²) in [4.78, 5) is 0. The predicted octanol–water partition coefficient (Wildman–Crippen LogP) is 6.09. The van der Waals surface area contributed by atoms with Gasteiger partial charge in [-0.2, -0.15) is 0 Å². The third-order valence-electron chi connectivity index (χ3n) is 3.86. The van der Waals surface area contributed by atoms with Crippen LogP contribution in [0.1, 0.15) is 59.3 Å². The number of allylic oxidation sites excluding steroid dienone is 2. The summed E-state index contributed by atoms with van der Waals surface area (Å²) in [6.45, 7) is 6.97. The van der Waals surface area contributed by atoms with Crippen LogP contribution in [0.25, 0.3) is 0 Å². The van der Waals surface area contributed by atoms with Crippen molar-refractivity contribution < 1.29 is 4.74 Å². The monoisotopic (exact) mass is 374 g/mol. The van der Waals surface area contributed by atoms with E-state index in [1.54, 1.807) is 26.7 Å². The summed E-state index contributed by atoms with van der Waals surface area (Å²) in [6.07, 6.45) is 14.5. The molecule has 0 unspecified atom stereocenters. The van der Waals surface area contributed by atoms with Crippen LogP contribution < -0.4 is 0 Å². The van der Waals surface area contributed by atoms with Gasteiger partial charge in [-0.1, -0.05) is 0 Å². The van der Waals surface area contributed by atoms with Crippen molar-refractivity contribution in [2.24, 2.45) is 0 Å². The molecule has 0 aliphatic rings. The second-order valence-corrected chi connectivity index (χ2v) is 18.6. The topological polar surface area (TPSA) is 9.23 Å². The SMILES string of the molecule is CCC[CH2][Sn]([CH]=CC=COC)([CH2]CCC)[CH2]CCC. The van der Waals surface area contributed by atoms with Crippen LogP contribution in [0.5, 0.6) is 0 Å². The minimum atomic E-state index is -2.02. The molecule has 0 aromatic heterocycles. The van der Waals surface area contributed by atoms with Gasteiger partial charge in [0.1, 0.15) is 0 Å². The van der Waals surface area contributed by atoms with Crippen LogP contribution in [0.4, 0.5) is 0 Å². The molecular formula is C17H34OSn. The van der Waals surface area contributed by atoms with E-state index >= 15 is 0 Å². The van der Waals surface area contributed by atoms with Gasteiger partial charge in [-0.15, -0.1) is 0 Å². The van der Waals surface area contributed by atoms with Crippen LogP contribution in [0.15, 0.2) is 22.5 Å². The zero-order valence-electron chi connectivity index (χ0n) is 13.6. The number of hydrogen-bond acceptors (Lipinski definition) is 1. The van der Waals surface area contributed by atoms with Crippen LogP contribution in [0.2, 0.25) is 13.3 Å². The average molecular weight is 373 g/mol. The van der Waals surface area contributed by atoms with Crippen molar-refractivity contribution in [3.63, 3.8) is 0 Å². The number of hydrogen-bond donors (Lipinski definition) is 0. The maximum atomic E-state index is 4.99. The van der Waals surface area contributed by atoms with Crippen LogP contribution in [0.3, 0.4) is 0 Å². The molecule has 2 heteroatoms. The second kappa shape index (κ2) is 13.1. The van der Waals surface area contributed by atoms with E-state index < -0.39 is 18.4 Å². The van der Waals surface area contributed by atoms with E-state index in [2.05, 4.69) is 37.0 Å². The molecule has 19 heavy (non-hydrogen) atoms. The molecule has 0 aliphatic carbocycles. The van der Waals surface area contributed by atoms with Gasteiger partial charge in [0.25, 0.3) is 0 Å². The molecular weight excluding hydrogens is 339 g/mol. The maximum absolute atomic E-state index is 4.99. The van der Waals surface area contributed by atoms with Gasteiger partial charge in [0, 0.05) is 0 Å². The predicted molar refractivity (Wildman–Crippen MR) is 90.2 cm³/mol. The van der Waals surface area contributed by atoms with Crippen molar-refractivity contribution >= 4 is 18.4 Å². The van der Waals surface area contributed by atoms with Crippen molar-refractivity contribution in [2.75, 3.05) is 7.11 Å². The Morgan fingerprint density at radius 2 is 1.26 bits per heavy atom. The van der Waals surface area contributed by atoms with Gasteiger partial charge >= 0.3 is 125 Å². The minimum absolute atomic E-state index is 1.35. The zero-order valence-corrected chi connectivity index (χ0v) is 16.4. The molecule has 1 nitrogen and oxygen atoms in total. The summed E-state index contributed by atoms with van der Waals surface area (Å²) in [5, 5.41) is 0. The normalized spacial score (nSPS) is 12.6. The van der Waals surface area contributed by atoms with Gasteiger partial charge in [-0.3, -0.25) is 0 Å². The Bertz CT molecular complexity index is 224. The van der Waals surface area contributed by atoms with Gasteiger partial charge < -0.3 is 0 Å². The Balaban J connectivity index is 4.75. The first kappa shape index (κ1) is 19.1. The Kier molecular flexibility index (Phi) is 13.1. The van der Waals surface area contributed by atoms with Crippen molar-refractivity contribution in [3.8, 4) is 0 Å². The van der Waals surface area contributed by atoms with Crippen molar-refractivity contribution in [2.45, 2.75) is 72.6 Å². The van der Waals surface area contributed by atoms with Crippen LogP contribution >= 0.6 is 0 Å². The summed E-state index contributed by atoms with van der Waals surface area (Å²) in [5.41, 5.74) is 0. The van der Waals surface area contributed by atoms with E-state index in [1.165, 1.54) is 38.5 Å². The second-order valence-electron chi connectivity index (χ2n) is 5.60. The van der Waals surface area contributed by atoms with E-state index in [-0.39, 0.29) is 0 Å². The molecule has 0 fully saturated rings. The fourth-order valence-corrected chi connectivity index (χ4v) is 16.7. The molecule has 0 saturated heterocycles. The number of rotatable bonds is 12. The molecule has 0 saturated carbocycles. The third kappa shape index (κ3) is 9.59. The fraction of sp³-hybridized carbons (Fsp3) is 0.765. The molecule has 0 aromatic carbocycles. The molecule has 0 bridgehead atoms. The van der Waals surface area contributed by atoms with E-state index in [4.69, 9.17) is 4.74 Å². The van der Waals surface area contributed by atoms with Crippen LogP contribution in [-0.2, 0) is 4.74 Å². The summed E-state index contributed by atoms with van der Waals surface area (Å²) in [6, 6.07) is 0. The zero-order chi connectivity index (χ0) is 14.4. The summed E-state index contributed by atoms with van der Waals surface area (Å²) in [5.74, 6) is 0. The summed E-state index contributed by atoms with van der Waals surface area (Å²) in [7, 11) is 1.71. The summed E-state index contributed by atoms with van der Waals surface area (Å²) >= 11 is -2.02. The van der Waals surface area contributed by atoms with E-state index in [0.29, 0.717) is 0 Å². The first-order valence-electron chi connectivity index (χ1n) is 8.11. The Hall–Kier alpha value is 0.0787. The molecule has 0 aromatic rings. The number of unbranched alkanes of at least 4 members (excludes halogenated alkanes) is 3. The molecule has 0 rings (SSSR count). The van der Waals surface area contributed by atoms with Gasteiger partial charge in [0.05, 0.1) is 0 Å². The van der Waals surface area contributed by atoms with Crippen molar-refractivity contribution in [3.05, 3.63) is 22.5 Å². The van der Waals surface area contributed by atoms with Crippen LogP contribution in [-0.4, -0.2) is 25.5 Å². The molecule has 0 amide bonds. The Morgan fingerprint density at radius 3 is 1.63 bits per heavy atom. The van der Waals surface area contributed by atoms with Gasteiger partial charge in [0.2, 0.25) is 0 Å². The summed E-state index contributed by atoms with van der Waals surface area (Å²) < 4.78 is 12.3. The molecule has 0 N–H and O–H groups in total. The molecule has 0 spiro atoms. The first-order chi connectivity index (χ1) is 9.24. The van der Waals surface area contributed by atoms with Crippen molar-refractivity contribution in [1.82, 2.24) is 0 Å². The fourth-order valence-electron chi connectivity index (χ4n) is 2.60. The Labute approximate surface area is 125 Å². The molecule has 0 radical (unpaired) electrons. The van der Waals surface area contributed by atoms with Crippen LogP contribution in [0, 0.1) is 0 Å². The quantitative estimate of drug-likeness (QED) is 0.229. The Morgan fingerprint density at radius 1 is 0.789 bits per heavy atom. The van der Waals surface area contributed by atoms with E-state index in [0.717, 1.165) is 0 Å². The van der Waals surface area contributed by atoms with E-state index in [1.807, 2.05) is 0 Å². The average Bonchev–Trinajstić information content (AvgIpc) is 2.44. The first-order valence-corrected chi connectivity index (χ1v) is 15.8. The molecule has 0 atom stereocenters. The molecule has 112 valence electrons. The van der Waals surface area contributed by atoms with Gasteiger partial charge in [-0.25, -0.2) is 0 Å². The third-order valence-corrected chi connectivity index (χ3v) is 18.0.